The van der Waals surface area contributed by atoms with Gasteiger partial charge in [-0.15, -0.1) is 0 Å². The summed E-state index contributed by atoms with van der Waals surface area (Å²) in [4.78, 5) is 0. The lowest BCUT2D eigenvalue weighted by atomic mass is 9.46. The summed E-state index contributed by atoms with van der Waals surface area (Å²) in [6, 6.07) is 0.0684. The number of aliphatic hydroxyl groups excluding tert-OH is 2. The number of piperidine rings is 1. The summed E-state index contributed by atoms with van der Waals surface area (Å²) < 4.78 is 0. The topological polar surface area (TPSA) is 64.5 Å². The SMILES string of the molecule is C=C(C)C1CCC2(C)CC(C34C=C5C=CC6C(O)C(NCC(C)O)CC7CC8CC(CC3)C(C)(N4)C58C76)=CC(C)=C2C1. The van der Waals surface area contributed by atoms with Crippen molar-refractivity contribution >= 4 is 0 Å². The van der Waals surface area contributed by atoms with Gasteiger partial charge in [-0.3, -0.25) is 5.32 Å². The van der Waals surface area contributed by atoms with Gasteiger partial charge in [0.05, 0.1) is 17.7 Å². The molecule has 4 nitrogen and oxygen atoms in total. The lowest BCUT2D eigenvalue weighted by Crippen LogP contribution is -2.74. The molecule has 0 aromatic rings. The molecule has 4 saturated carbocycles. The Kier molecular flexibility index (Phi) is 6.05. The third kappa shape index (κ3) is 3.45. The van der Waals surface area contributed by atoms with Crippen molar-refractivity contribution in [1.82, 2.24) is 10.6 Å². The van der Waals surface area contributed by atoms with Crippen molar-refractivity contribution < 1.29 is 10.2 Å². The zero-order valence-electron chi connectivity index (χ0n) is 26.7. The molecule has 228 valence electrons. The summed E-state index contributed by atoms with van der Waals surface area (Å²) in [6.07, 6.45) is 20.5. The highest BCUT2D eigenvalue weighted by Gasteiger charge is 2.77. The molecule has 6 aliphatic carbocycles. The van der Waals surface area contributed by atoms with E-state index in [4.69, 9.17) is 0 Å². The molecule has 0 aromatic carbocycles. The second-order valence-corrected chi connectivity index (χ2v) is 16.8. The van der Waals surface area contributed by atoms with E-state index in [9.17, 15) is 10.2 Å². The minimum Gasteiger partial charge on any atom is -0.392 e. The second kappa shape index (κ2) is 9.05. The van der Waals surface area contributed by atoms with E-state index in [0.29, 0.717) is 36.1 Å². The van der Waals surface area contributed by atoms with Gasteiger partial charge in [0.2, 0.25) is 0 Å². The monoisotopic (exact) mass is 570 g/mol. The maximum absolute atomic E-state index is 11.8. The number of aliphatic hydroxyl groups is 2. The van der Waals surface area contributed by atoms with Crippen LogP contribution in [0.1, 0.15) is 92.4 Å². The zero-order chi connectivity index (χ0) is 29.4. The highest BCUT2D eigenvalue weighted by atomic mass is 16.3. The molecule has 0 radical (unpaired) electrons. The van der Waals surface area contributed by atoms with Crippen LogP contribution in [0.4, 0.5) is 0 Å². The Balaban J connectivity index is 1.21. The lowest BCUT2D eigenvalue weighted by molar-refractivity contribution is -0.0717. The summed E-state index contributed by atoms with van der Waals surface area (Å²) in [6.45, 7) is 16.5. The van der Waals surface area contributed by atoms with E-state index in [2.05, 4.69) is 69.2 Å². The number of nitrogens with one attached hydrogen (secondary N) is 2. The average molecular weight is 571 g/mol. The smallest absolute Gasteiger partial charge is 0.0758 e. The van der Waals surface area contributed by atoms with E-state index in [0.717, 1.165) is 6.42 Å². The van der Waals surface area contributed by atoms with Crippen LogP contribution in [0.25, 0.3) is 0 Å². The van der Waals surface area contributed by atoms with Crippen molar-refractivity contribution in [2.45, 2.75) is 122 Å². The molecule has 1 spiro atoms. The van der Waals surface area contributed by atoms with Crippen LogP contribution in [0.5, 0.6) is 0 Å². The van der Waals surface area contributed by atoms with Crippen LogP contribution in [0, 0.1) is 46.3 Å². The van der Waals surface area contributed by atoms with Crippen molar-refractivity contribution in [3.05, 3.63) is 58.7 Å². The number of hydrogen-bond acceptors (Lipinski definition) is 4. The van der Waals surface area contributed by atoms with E-state index >= 15 is 0 Å². The molecule has 8 rings (SSSR count). The molecule has 2 heterocycles. The first kappa shape index (κ1) is 28.0. The van der Waals surface area contributed by atoms with E-state index in [1.165, 1.54) is 62.5 Å². The summed E-state index contributed by atoms with van der Waals surface area (Å²) in [5.41, 5.74) is 8.16. The summed E-state index contributed by atoms with van der Waals surface area (Å²) in [7, 11) is 0. The number of fused-ring (bicyclic) bond motifs is 2. The van der Waals surface area contributed by atoms with Crippen LogP contribution in [-0.2, 0) is 0 Å². The molecule has 13 atom stereocenters. The first-order valence-electron chi connectivity index (χ1n) is 17.3. The Labute approximate surface area is 253 Å². The Morgan fingerprint density at radius 2 is 1.98 bits per heavy atom. The van der Waals surface area contributed by atoms with Crippen LogP contribution < -0.4 is 10.6 Å². The molecule has 0 amide bonds. The fraction of sp³-hybridized carbons (Fsp3) is 0.737. The fourth-order valence-corrected chi connectivity index (χ4v) is 13.0. The molecular weight excluding hydrogens is 516 g/mol. The van der Waals surface area contributed by atoms with Crippen LogP contribution in [-0.4, -0.2) is 46.1 Å². The van der Waals surface area contributed by atoms with Crippen molar-refractivity contribution in [3.63, 3.8) is 0 Å². The van der Waals surface area contributed by atoms with Crippen LogP contribution in [0.3, 0.4) is 0 Å². The Morgan fingerprint density at radius 1 is 1.17 bits per heavy atom. The summed E-state index contributed by atoms with van der Waals surface area (Å²) in [5, 5.41) is 29.8. The largest absolute Gasteiger partial charge is 0.392 e. The maximum atomic E-state index is 11.8. The van der Waals surface area contributed by atoms with Gasteiger partial charge in [-0.1, -0.05) is 54.5 Å². The molecule has 13 unspecified atom stereocenters. The molecule has 4 N–H and O–H groups in total. The van der Waals surface area contributed by atoms with Gasteiger partial charge in [0.1, 0.15) is 0 Å². The fourth-order valence-electron chi connectivity index (χ4n) is 13.0. The Bertz CT molecular complexity index is 1340. The molecular formula is C38H54N2O2. The third-order valence-electron chi connectivity index (χ3n) is 14.7. The second-order valence-electron chi connectivity index (χ2n) is 16.8. The van der Waals surface area contributed by atoms with E-state index < -0.39 is 12.2 Å². The minimum atomic E-state index is -0.393. The van der Waals surface area contributed by atoms with Gasteiger partial charge in [0.15, 0.2) is 0 Å². The number of allylic oxidation sites excluding steroid dienone is 5. The van der Waals surface area contributed by atoms with Gasteiger partial charge >= 0.3 is 0 Å². The van der Waals surface area contributed by atoms with Gasteiger partial charge in [-0.05, 0) is 132 Å². The standard InChI is InChI=1S/C38H54N2O2/c1-21(2)24-9-11-35(5)18-29(13-22(3)31(35)15-24)37-12-10-26-17-28-14-25-16-32(39-20-23(4)41)34(42)30-8-7-27(19-37)38(28,33(25)30)36(26,6)40-37/h7-8,13,19,23-26,28,30,32-34,39-42H,1,9-12,14-18,20H2,2-6H3. The molecule has 2 aliphatic heterocycles. The summed E-state index contributed by atoms with van der Waals surface area (Å²) >= 11 is 0. The van der Waals surface area contributed by atoms with Crippen molar-refractivity contribution in [3.8, 4) is 0 Å². The molecule has 0 aromatic heterocycles. The molecule has 5 fully saturated rings. The molecule has 2 bridgehead atoms. The average Bonchev–Trinajstić information content (AvgIpc) is 3.41. The van der Waals surface area contributed by atoms with Crippen LogP contribution in [0.15, 0.2) is 58.7 Å². The quantitative estimate of drug-likeness (QED) is 0.290. The van der Waals surface area contributed by atoms with Crippen LogP contribution in [0.2, 0.25) is 0 Å². The lowest BCUT2D eigenvalue weighted by Gasteiger charge is -2.66. The van der Waals surface area contributed by atoms with Crippen molar-refractivity contribution in [2.75, 3.05) is 6.54 Å². The van der Waals surface area contributed by atoms with Gasteiger partial charge in [-0.25, -0.2) is 0 Å². The number of rotatable bonds is 5. The third-order valence-corrected chi connectivity index (χ3v) is 14.7. The van der Waals surface area contributed by atoms with E-state index in [1.54, 1.807) is 16.7 Å². The highest BCUT2D eigenvalue weighted by molar-refractivity contribution is 5.55. The van der Waals surface area contributed by atoms with Gasteiger partial charge in [0.25, 0.3) is 0 Å². The predicted octanol–water partition coefficient (Wildman–Crippen LogP) is 6.38. The zero-order valence-corrected chi connectivity index (χ0v) is 26.7. The maximum Gasteiger partial charge on any atom is 0.0758 e. The molecule has 8 aliphatic rings. The predicted molar refractivity (Wildman–Crippen MR) is 170 cm³/mol. The van der Waals surface area contributed by atoms with Gasteiger partial charge < -0.3 is 15.5 Å². The van der Waals surface area contributed by atoms with Crippen LogP contribution >= 0.6 is 0 Å². The highest BCUT2D eigenvalue weighted by Crippen LogP contribution is 2.77. The van der Waals surface area contributed by atoms with E-state index in [1.807, 2.05) is 6.92 Å². The number of hydrogen-bond donors (Lipinski definition) is 4. The molecule has 42 heavy (non-hydrogen) atoms. The minimum absolute atomic E-state index is 0.0548. The van der Waals surface area contributed by atoms with Gasteiger partial charge in [0, 0.05) is 29.5 Å². The molecule has 4 heteroatoms. The first-order valence-corrected chi connectivity index (χ1v) is 17.3. The normalized spacial score (nSPS) is 52.4. The van der Waals surface area contributed by atoms with Crippen molar-refractivity contribution in [1.29, 1.82) is 0 Å². The first-order chi connectivity index (χ1) is 19.9. The van der Waals surface area contributed by atoms with Gasteiger partial charge in [-0.2, -0.15) is 0 Å². The molecule has 1 saturated heterocycles. The van der Waals surface area contributed by atoms with Crippen molar-refractivity contribution in [2.24, 2.45) is 46.3 Å². The summed E-state index contributed by atoms with van der Waals surface area (Å²) in [5.74, 6) is 3.35. The van der Waals surface area contributed by atoms with E-state index in [-0.39, 0.29) is 33.9 Å². The Hall–Kier alpha value is -1.46. The Morgan fingerprint density at radius 3 is 2.74 bits per heavy atom.